The van der Waals surface area contributed by atoms with Gasteiger partial charge in [-0.05, 0) is 24.3 Å². The molecule has 0 spiro atoms. The van der Waals surface area contributed by atoms with E-state index in [0.717, 1.165) is 0 Å². The molecule has 1 N–H and O–H groups in total. The normalized spacial score (nSPS) is 9.59. The van der Waals surface area contributed by atoms with E-state index in [1.54, 1.807) is 18.2 Å². The lowest BCUT2D eigenvalue weighted by Crippen LogP contribution is -2.03. The number of nitrogens with zero attached hydrogens (tertiary/aromatic N) is 3. The molecule has 2 aromatic rings. The molecule has 0 aliphatic heterocycles. The van der Waals surface area contributed by atoms with Crippen LogP contribution in [0.15, 0.2) is 30.5 Å². The minimum Gasteiger partial charge on any atom is -0.496 e. The largest absolute Gasteiger partial charge is 0.496 e. The van der Waals surface area contributed by atoms with Crippen molar-refractivity contribution in [2.45, 2.75) is 6.42 Å². The second-order valence-electron chi connectivity index (χ2n) is 4.39. The van der Waals surface area contributed by atoms with Crippen molar-refractivity contribution in [3.63, 3.8) is 0 Å². The van der Waals surface area contributed by atoms with Crippen LogP contribution in [0.2, 0.25) is 0 Å². The molecule has 6 heteroatoms. The Labute approximate surface area is 126 Å². The summed E-state index contributed by atoms with van der Waals surface area (Å²) in [5.41, 5.74) is 1.65. The van der Waals surface area contributed by atoms with Gasteiger partial charge in [-0.1, -0.05) is 0 Å². The number of aromatic carboxylic acids is 1. The van der Waals surface area contributed by atoms with Crippen LogP contribution in [0.5, 0.6) is 5.75 Å². The van der Waals surface area contributed by atoms with Gasteiger partial charge in [0.15, 0.2) is 0 Å². The Morgan fingerprint density at radius 3 is 2.68 bits per heavy atom. The van der Waals surface area contributed by atoms with Crippen molar-refractivity contribution in [1.82, 2.24) is 4.98 Å². The van der Waals surface area contributed by atoms with Crippen molar-refractivity contribution in [3.8, 4) is 29.0 Å². The molecule has 22 heavy (non-hydrogen) atoms. The van der Waals surface area contributed by atoms with Crippen molar-refractivity contribution in [1.29, 1.82) is 10.5 Å². The number of methoxy groups -OCH3 is 1. The first-order valence-electron chi connectivity index (χ1n) is 6.28. The number of ether oxygens (including phenoxy) is 1. The van der Waals surface area contributed by atoms with Crippen LogP contribution in [0.3, 0.4) is 0 Å². The summed E-state index contributed by atoms with van der Waals surface area (Å²) < 4.78 is 5.25. The lowest BCUT2D eigenvalue weighted by atomic mass is 9.97. The number of carboxylic acid groups (broad SMARTS) is 1. The van der Waals surface area contributed by atoms with Gasteiger partial charge in [0.25, 0.3) is 0 Å². The summed E-state index contributed by atoms with van der Waals surface area (Å²) in [5.74, 6) is -0.703. The van der Waals surface area contributed by atoms with Crippen molar-refractivity contribution < 1.29 is 14.6 Å². The summed E-state index contributed by atoms with van der Waals surface area (Å²) in [6.45, 7) is 0. The van der Waals surface area contributed by atoms with Gasteiger partial charge in [-0.25, -0.2) is 4.79 Å². The predicted molar refractivity (Wildman–Crippen MR) is 77.2 cm³/mol. The lowest BCUT2D eigenvalue weighted by molar-refractivity contribution is 0.0697. The molecule has 0 aliphatic carbocycles. The van der Waals surface area contributed by atoms with E-state index in [1.807, 2.05) is 12.1 Å². The molecule has 0 fully saturated rings. The van der Waals surface area contributed by atoms with Crippen LogP contribution in [0.25, 0.3) is 11.1 Å². The quantitative estimate of drug-likeness (QED) is 0.927. The van der Waals surface area contributed by atoms with E-state index in [4.69, 9.17) is 15.3 Å². The minimum atomic E-state index is -1.14. The van der Waals surface area contributed by atoms with Gasteiger partial charge in [0.1, 0.15) is 5.75 Å². The third-order valence-corrected chi connectivity index (χ3v) is 3.07. The molecular weight excluding hydrogens is 282 g/mol. The van der Waals surface area contributed by atoms with Crippen LogP contribution in [-0.2, 0) is 6.42 Å². The number of carbonyl (C=O) groups is 1. The standard InChI is InChI=1S/C16H11N3O3/c1-22-15-3-2-10(8-18)6-13(15)12-7-11(4-5-17)19-9-14(12)16(20)21/h2-3,6-7,9H,4H2,1H3,(H,20,21). The van der Waals surface area contributed by atoms with Gasteiger partial charge < -0.3 is 9.84 Å². The zero-order valence-corrected chi connectivity index (χ0v) is 11.7. The highest BCUT2D eigenvalue weighted by molar-refractivity contribution is 5.96. The molecule has 2 rings (SSSR count). The van der Waals surface area contributed by atoms with Crippen LogP contribution in [0.4, 0.5) is 0 Å². The fraction of sp³-hybridized carbons (Fsp3) is 0.125. The molecule has 0 atom stereocenters. The number of pyridine rings is 1. The molecule has 0 aliphatic rings. The Kier molecular flexibility index (Phi) is 4.36. The van der Waals surface area contributed by atoms with E-state index in [2.05, 4.69) is 4.98 Å². The Hall–Kier alpha value is -3.38. The molecule has 6 nitrogen and oxygen atoms in total. The van der Waals surface area contributed by atoms with E-state index >= 15 is 0 Å². The summed E-state index contributed by atoms with van der Waals surface area (Å²) in [6, 6.07) is 10.2. The third-order valence-electron chi connectivity index (χ3n) is 3.07. The van der Waals surface area contributed by atoms with Gasteiger partial charge in [0.05, 0.1) is 42.5 Å². The average molecular weight is 293 g/mol. The SMILES string of the molecule is COc1ccc(C#N)cc1-c1cc(CC#N)ncc1C(=O)O. The van der Waals surface area contributed by atoms with Gasteiger partial charge in [-0.15, -0.1) is 0 Å². The fourth-order valence-electron chi connectivity index (χ4n) is 2.06. The monoisotopic (exact) mass is 293 g/mol. The Morgan fingerprint density at radius 1 is 1.32 bits per heavy atom. The zero-order valence-electron chi connectivity index (χ0n) is 11.7. The van der Waals surface area contributed by atoms with E-state index < -0.39 is 5.97 Å². The van der Waals surface area contributed by atoms with Crippen molar-refractivity contribution in [3.05, 3.63) is 47.3 Å². The Morgan fingerprint density at radius 2 is 2.09 bits per heavy atom. The molecule has 0 saturated heterocycles. The van der Waals surface area contributed by atoms with Gasteiger partial charge in [-0.3, -0.25) is 4.98 Å². The van der Waals surface area contributed by atoms with Crippen molar-refractivity contribution in [2.24, 2.45) is 0 Å². The maximum absolute atomic E-state index is 11.4. The number of benzene rings is 1. The highest BCUT2D eigenvalue weighted by atomic mass is 16.5. The third kappa shape index (κ3) is 2.87. The maximum atomic E-state index is 11.4. The molecule has 0 amide bonds. The van der Waals surface area contributed by atoms with E-state index in [-0.39, 0.29) is 12.0 Å². The molecule has 0 radical (unpaired) electrons. The van der Waals surface area contributed by atoms with Crippen LogP contribution in [0, 0.1) is 22.7 Å². The first-order valence-corrected chi connectivity index (χ1v) is 6.28. The highest BCUT2D eigenvalue weighted by Crippen LogP contribution is 2.33. The van der Waals surface area contributed by atoms with Crippen molar-refractivity contribution in [2.75, 3.05) is 7.11 Å². The van der Waals surface area contributed by atoms with Gasteiger partial charge >= 0.3 is 5.97 Å². The fourth-order valence-corrected chi connectivity index (χ4v) is 2.06. The van der Waals surface area contributed by atoms with Crippen molar-refractivity contribution >= 4 is 5.97 Å². The topological polar surface area (TPSA) is 107 Å². The maximum Gasteiger partial charge on any atom is 0.337 e. The van der Waals surface area contributed by atoms with E-state index in [1.165, 1.54) is 19.4 Å². The van der Waals surface area contributed by atoms with E-state index in [9.17, 15) is 9.90 Å². The van der Waals surface area contributed by atoms with Gasteiger partial charge in [0, 0.05) is 17.3 Å². The lowest BCUT2D eigenvalue weighted by Gasteiger charge is -2.12. The first-order chi connectivity index (χ1) is 10.6. The van der Waals surface area contributed by atoms with E-state index in [0.29, 0.717) is 28.1 Å². The molecule has 0 saturated carbocycles. The second-order valence-corrected chi connectivity index (χ2v) is 4.39. The summed E-state index contributed by atoms with van der Waals surface area (Å²) in [4.78, 5) is 15.4. The molecule has 1 heterocycles. The van der Waals surface area contributed by atoms with Crippen LogP contribution in [0.1, 0.15) is 21.6 Å². The second kappa shape index (κ2) is 6.38. The Balaban J connectivity index is 2.74. The number of rotatable bonds is 4. The minimum absolute atomic E-state index is 0.0184. The number of aromatic nitrogens is 1. The summed E-state index contributed by atoms with van der Waals surface area (Å²) in [5, 5.41) is 27.1. The smallest absolute Gasteiger partial charge is 0.337 e. The molecule has 1 aromatic carbocycles. The molecule has 108 valence electrons. The predicted octanol–water partition coefficient (Wildman–Crippen LogP) is 2.39. The summed E-state index contributed by atoms with van der Waals surface area (Å²) in [6.07, 6.45) is 1.27. The number of hydrogen-bond donors (Lipinski definition) is 1. The number of carboxylic acids is 1. The van der Waals surface area contributed by atoms with Crippen LogP contribution >= 0.6 is 0 Å². The number of hydrogen-bond acceptors (Lipinski definition) is 5. The van der Waals surface area contributed by atoms with Crippen LogP contribution < -0.4 is 4.74 Å². The van der Waals surface area contributed by atoms with Crippen LogP contribution in [-0.4, -0.2) is 23.2 Å². The zero-order chi connectivity index (χ0) is 16.1. The summed E-state index contributed by atoms with van der Waals surface area (Å²) >= 11 is 0. The summed E-state index contributed by atoms with van der Waals surface area (Å²) in [7, 11) is 1.46. The van der Waals surface area contributed by atoms with Gasteiger partial charge in [0.2, 0.25) is 0 Å². The molecule has 0 unspecified atom stereocenters. The molecule has 0 bridgehead atoms. The molecule has 1 aromatic heterocycles. The van der Waals surface area contributed by atoms with Gasteiger partial charge in [-0.2, -0.15) is 10.5 Å². The first kappa shape index (κ1) is 15.0. The number of nitriles is 2. The Bertz CT molecular complexity index is 816. The molecular formula is C16H11N3O3. The highest BCUT2D eigenvalue weighted by Gasteiger charge is 2.17. The average Bonchev–Trinajstić information content (AvgIpc) is 2.54.